The molecule has 2 rings (SSSR count). The maximum Gasteiger partial charge on any atom is 0.501 e. The van der Waals surface area contributed by atoms with Crippen LogP contribution < -0.4 is 10.6 Å². The first-order chi connectivity index (χ1) is 12.9. The second-order valence-corrected chi connectivity index (χ2v) is 8.52. The molecule has 0 bridgehead atoms. The number of hydrogen-bond acceptors (Lipinski definition) is 4. The quantitative estimate of drug-likeness (QED) is 0.688. The zero-order chi connectivity index (χ0) is 21.1. The predicted octanol–water partition coefficient (Wildman–Crippen LogP) is 3.42. The van der Waals surface area contributed by atoms with Crippen molar-refractivity contribution in [3.63, 3.8) is 0 Å². The number of carbonyl (C=O) groups excluding carboxylic acids is 2. The molecule has 0 aliphatic heterocycles. The van der Waals surface area contributed by atoms with E-state index in [-0.39, 0.29) is 5.56 Å². The van der Waals surface area contributed by atoms with Crippen molar-refractivity contribution in [3.8, 4) is 0 Å². The summed E-state index contributed by atoms with van der Waals surface area (Å²) in [6.07, 6.45) is 0. The Morgan fingerprint density at radius 3 is 2.39 bits per heavy atom. The lowest BCUT2D eigenvalue weighted by molar-refractivity contribution is -0.115. The first-order valence-corrected chi connectivity index (χ1v) is 9.95. The van der Waals surface area contributed by atoms with Gasteiger partial charge in [-0.25, -0.2) is 8.42 Å². The summed E-state index contributed by atoms with van der Waals surface area (Å²) in [6.45, 7) is 1.32. The molecular formula is C17H14BrF3N2O4S. The first kappa shape index (κ1) is 21.9. The van der Waals surface area contributed by atoms with Crippen molar-refractivity contribution < 1.29 is 31.2 Å². The van der Waals surface area contributed by atoms with E-state index in [0.717, 1.165) is 28.2 Å². The van der Waals surface area contributed by atoms with Crippen LogP contribution in [0.4, 0.5) is 18.9 Å². The van der Waals surface area contributed by atoms with Crippen molar-refractivity contribution >= 4 is 43.3 Å². The number of alkyl halides is 3. The highest BCUT2D eigenvalue weighted by Gasteiger charge is 2.46. The number of anilines is 1. The molecule has 0 heterocycles. The second-order valence-electron chi connectivity index (χ2n) is 5.67. The molecule has 0 saturated heterocycles. The topological polar surface area (TPSA) is 92.3 Å². The molecule has 0 saturated carbocycles. The molecule has 28 heavy (non-hydrogen) atoms. The number of carbonyl (C=O) groups is 2. The van der Waals surface area contributed by atoms with E-state index in [1.54, 1.807) is 25.1 Å². The fourth-order valence-electron chi connectivity index (χ4n) is 2.16. The van der Waals surface area contributed by atoms with Gasteiger partial charge in [0, 0.05) is 15.7 Å². The van der Waals surface area contributed by atoms with Gasteiger partial charge >= 0.3 is 5.51 Å². The lowest BCUT2D eigenvalue weighted by Crippen LogP contribution is -2.33. The Balaban J connectivity index is 2.05. The number of rotatable bonds is 5. The molecule has 0 aromatic heterocycles. The lowest BCUT2D eigenvalue weighted by Gasteiger charge is -2.11. The average molecular weight is 479 g/mol. The number of hydrogen-bond donors (Lipinski definition) is 2. The molecule has 150 valence electrons. The van der Waals surface area contributed by atoms with Crippen molar-refractivity contribution in [2.45, 2.75) is 17.3 Å². The van der Waals surface area contributed by atoms with Crippen LogP contribution in [0.25, 0.3) is 0 Å². The van der Waals surface area contributed by atoms with Gasteiger partial charge in [0.2, 0.25) is 5.91 Å². The van der Waals surface area contributed by atoms with Gasteiger partial charge < -0.3 is 10.6 Å². The summed E-state index contributed by atoms with van der Waals surface area (Å²) >= 11 is 3.29. The first-order valence-electron chi connectivity index (χ1n) is 7.67. The minimum absolute atomic E-state index is 0.321. The number of sulfone groups is 1. The minimum Gasteiger partial charge on any atom is -0.343 e. The molecule has 0 atom stereocenters. The lowest BCUT2D eigenvalue weighted by atomic mass is 10.2. The SMILES string of the molecule is Cc1cc(Br)ccc1NC(=O)CNC(=O)c1cccc(S(=O)(=O)C(F)(F)F)c1. The van der Waals surface area contributed by atoms with E-state index in [9.17, 15) is 31.2 Å². The summed E-state index contributed by atoms with van der Waals surface area (Å²) in [4.78, 5) is 23.0. The van der Waals surface area contributed by atoms with Crippen LogP contribution in [0.2, 0.25) is 0 Å². The van der Waals surface area contributed by atoms with Crippen LogP contribution in [-0.2, 0) is 14.6 Å². The molecule has 11 heteroatoms. The van der Waals surface area contributed by atoms with Crippen LogP contribution in [0.3, 0.4) is 0 Å². The number of aryl methyl sites for hydroxylation is 1. The van der Waals surface area contributed by atoms with Crippen molar-refractivity contribution in [2.24, 2.45) is 0 Å². The largest absolute Gasteiger partial charge is 0.501 e. The fraction of sp³-hybridized carbons (Fsp3) is 0.176. The van der Waals surface area contributed by atoms with Gasteiger partial charge in [-0.2, -0.15) is 13.2 Å². The normalized spacial score (nSPS) is 11.8. The summed E-state index contributed by atoms with van der Waals surface area (Å²) in [5.41, 5.74) is -4.50. The summed E-state index contributed by atoms with van der Waals surface area (Å²) in [7, 11) is -5.58. The number of halogens is 4. The van der Waals surface area contributed by atoms with Gasteiger partial charge in [-0.15, -0.1) is 0 Å². The van der Waals surface area contributed by atoms with E-state index >= 15 is 0 Å². The Hall–Kier alpha value is -2.40. The predicted molar refractivity (Wildman–Crippen MR) is 99.5 cm³/mol. The van der Waals surface area contributed by atoms with Crippen LogP contribution in [0, 0.1) is 6.92 Å². The maximum absolute atomic E-state index is 12.6. The Labute approximate surface area is 167 Å². The number of benzene rings is 2. The van der Waals surface area contributed by atoms with Gasteiger partial charge in [0.15, 0.2) is 0 Å². The Morgan fingerprint density at radius 2 is 1.79 bits per heavy atom. The van der Waals surface area contributed by atoms with Crippen LogP contribution in [0.15, 0.2) is 51.8 Å². The third-order valence-electron chi connectivity index (χ3n) is 3.58. The molecular weight excluding hydrogens is 465 g/mol. The Bertz CT molecular complexity index is 1020. The molecule has 2 N–H and O–H groups in total. The van der Waals surface area contributed by atoms with E-state index in [2.05, 4.69) is 26.6 Å². The summed E-state index contributed by atoms with van der Waals surface area (Å²) in [5.74, 6) is -1.44. The van der Waals surface area contributed by atoms with Crippen molar-refractivity contribution in [1.82, 2.24) is 5.32 Å². The molecule has 2 aromatic carbocycles. The summed E-state index contributed by atoms with van der Waals surface area (Å²) in [6, 6.07) is 8.65. The van der Waals surface area contributed by atoms with Gasteiger partial charge in [0.25, 0.3) is 15.7 Å². The van der Waals surface area contributed by atoms with Crippen LogP contribution in [0.1, 0.15) is 15.9 Å². The smallest absolute Gasteiger partial charge is 0.343 e. The van der Waals surface area contributed by atoms with Crippen molar-refractivity contribution in [3.05, 3.63) is 58.1 Å². The van der Waals surface area contributed by atoms with Gasteiger partial charge in [-0.3, -0.25) is 9.59 Å². The molecule has 0 radical (unpaired) electrons. The zero-order valence-electron chi connectivity index (χ0n) is 14.3. The minimum atomic E-state index is -5.58. The molecule has 2 aromatic rings. The van der Waals surface area contributed by atoms with E-state index < -0.39 is 38.6 Å². The summed E-state index contributed by atoms with van der Waals surface area (Å²) in [5, 5.41) is 4.81. The van der Waals surface area contributed by atoms with Gasteiger partial charge in [-0.1, -0.05) is 22.0 Å². The second kappa shape index (κ2) is 8.31. The van der Waals surface area contributed by atoms with E-state index in [1.165, 1.54) is 0 Å². The highest BCUT2D eigenvalue weighted by atomic mass is 79.9. The molecule has 2 amide bonds. The highest BCUT2D eigenvalue weighted by molar-refractivity contribution is 9.10. The van der Waals surface area contributed by atoms with Gasteiger partial charge in [-0.05, 0) is 48.9 Å². The van der Waals surface area contributed by atoms with Gasteiger partial charge in [0.05, 0.1) is 11.4 Å². The number of nitrogens with one attached hydrogen (secondary N) is 2. The Kier molecular flexibility index (Phi) is 6.50. The van der Waals surface area contributed by atoms with Crippen LogP contribution in [0.5, 0.6) is 0 Å². The van der Waals surface area contributed by atoms with Crippen LogP contribution in [-0.4, -0.2) is 32.3 Å². The zero-order valence-corrected chi connectivity index (χ0v) is 16.7. The molecule has 0 aliphatic rings. The standard InChI is InChI=1S/C17H14BrF3N2O4S/c1-10-7-12(18)5-6-14(10)23-15(24)9-22-16(25)11-3-2-4-13(8-11)28(26,27)17(19,20)21/h2-8H,9H2,1H3,(H,22,25)(H,23,24). The molecule has 0 fully saturated rings. The third-order valence-corrected chi connectivity index (χ3v) is 5.56. The molecule has 0 unspecified atom stereocenters. The Morgan fingerprint density at radius 1 is 1.11 bits per heavy atom. The molecule has 0 aliphatic carbocycles. The molecule has 0 spiro atoms. The van der Waals surface area contributed by atoms with Gasteiger partial charge in [0.1, 0.15) is 0 Å². The van der Waals surface area contributed by atoms with Crippen LogP contribution >= 0.6 is 15.9 Å². The van der Waals surface area contributed by atoms with Crippen molar-refractivity contribution in [1.29, 1.82) is 0 Å². The van der Waals surface area contributed by atoms with E-state index in [1.807, 2.05) is 0 Å². The third kappa shape index (κ3) is 5.10. The molecule has 6 nitrogen and oxygen atoms in total. The van der Waals surface area contributed by atoms with Crippen molar-refractivity contribution in [2.75, 3.05) is 11.9 Å². The average Bonchev–Trinajstić information content (AvgIpc) is 2.61. The van der Waals surface area contributed by atoms with E-state index in [4.69, 9.17) is 0 Å². The monoisotopic (exact) mass is 478 g/mol. The number of amides is 2. The maximum atomic E-state index is 12.6. The van der Waals surface area contributed by atoms with E-state index in [0.29, 0.717) is 11.8 Å². The highest BCUT2D eigenvalue weighted by Crippen LogP contribution is 2.30. The fourth-order valence-corrected chi connectivity index (χ4v) is 3.45. The summed E-state index contributed by atoms with van der Waals surface area (Å²) < 4.78 is 61.6.